The first kappa shape index (κ1) is 13.9. The second-order valence-electron chi connectivity index (χ2n) is 7.86. The zero-order chi connectivity index (χ0) is 15.6. The molecule has 1 atom stereocenters. The Hall–Kier alpha value is -1.52. The highest BCUT2D eigenvalue weighted by atomic mass is 16.2. The van der Waals surface area contributed by atoms with Gasteiger partial charge in [-0.3, -0.25) is 15.1 Å². The number of carbonyl (C=O) groups is 1. The smallest absolute Gasteiger partial charge is 0.272 e. The molecule has 23 heavy (non-hydrogen) atoms. The monoisotopic (exact) mass is 314 g/mol. The predicted octanol–water partition coefficient (Wildman–Crippen LogP) is 2.76. The van der Waals surface area contributed by atoms with Crippen molar-refractivity contribution in [1.29, 1.82) is 0 Å². The minimum absolute atomic E-state index is 0.206. The van der Waals surface area contributed by atoms with E-state index < -0.39 is 0 Å². The van der Waals surface area contributed by atoms with E-state index in [2.05, 4.69) is 22.1 Å². The fraction of sp³-hybridized carbons (Fsp3) is 0.778. The van der Waals surface area contributed by atoms with Crippen LogP contribution in [0.5, 0.6) is 0 Å². The molecular weight excluding hydrogens is 288 g/mol. The molecule has 2 fully saturated rings. The van der Waals surface area contributed by atoms with Crippen molar-refractivity contribution in [3.8, 4) is 0 Å². The lowest BCUT2D eigenvalue weighted by Crippen LogP contribution is -2.58. The number of carbonyl (C=O) groups excluding carboxylic acids is 1. The second-order valence-corrected chi connectivity index (χ2v) is 7.86. The van der Waals surface area contributed by atoms with Crippen molar-refractivity contribution in [3.05, 3.63) is 11.4 Å². The Morgan fingerprint density at radius 3 is 2.61 bits per heavy atom. The van der Waals surface area contributed by atoms with Gasteiger partial charge in [-0.15, -0.1) is 0 Å². The maximum Gasteiger partial charge on any atom is 0.272 e. The van der Waals surface area contributed by atoms with Crippen molar-refractivity contribution >= 4 is 11.7 Å². The van der Waals surface area contributed by atoms with Crippen LogP contribution in [0.2, 0.25) is 0 Å². The average Bonchev–Trinajstić information content (AvgIpc) is 3.48. The number of nitrogens with zero attached hydrogens (tertiary/aromatic N) is 3. The Bertz CT molecular complexity index is 615. The largest absolute Gasteiger partial charge is 0.311 e. The van der Waals surface area contributed by atoms with Crippen LogP contribution in [0.4, 0.5) is 0 Å². The molecule has 5 heteroatoms. The topological polar surface area (TPSA) is 47.9 Å². The van der Waals surface area contributed by atoms with E-state index in [4.69, 9.17) is 5.10 Å². The van der Waals surface area contributed by atoms with Gasteiger partial charge in [0.05, 0.1) is 0 Å². The van der Waals surface area contributed by atoms with Crippen LogP contribution in [0.25, 0.3) is 0 Å². The first-order valence-corrected chi connectivity index (χ1v) is 9.42. The molecule has 0 spiro atoms. The van der Waals surface area contributed by atoms with Gasteiger partial charge < -0.3 is 4.90 Å². The predicted molar refractivity (Wildman–Crippen MR) is 88.1 cm³/mol. The summed E-state index contributed by atoms with van der Waals surface area (Å²) >= 11 is 0. The minimum atomic E-state index is -0.273. The Morgan fingerprint density at radius 2 is 1.96 bits per heavy atom. The van der Waals surface area contributed by atoms with Gasteiger partial charge in [0, 0.05) is 23.4 Å². The summed E-state index contributed by atoms with van der Waals surface area (Å²) in [6.07, 6.45) is 10.5. The number of rotatable bonds is 4. The number of hydrogen-bond donors (Lipinski definition) is 1. The van der Waals surface area contributed by atoms with Gasteiger partial charge in [0.25, 0.3) is 5.91 Å². The SMILES string of the molecule is CCCN1C(=O)C2NN=C(C3(C4CC4)CC3)N2C2=C1CCCC2. The van der Waals surface area contributed by atoms with E-state index >= 15 is 0 Å². The summed E-state index contributed by atoms with van der Waals surface area (Å²) in [5, 5.41) is 4.72. The van der Waals surface area contributed by atoms with E-state index in [1.54, 1.807) is 0 Å². The van der Waals surface area contributed by atoms with E-state index in [0.717, 1.165) is 31.7 Å². The van der Waals surface area contributed by atoms with Gasteiger partial charge in [0.15, 0.2) is 0 Å². The molecule has 124 valence electrons. The zero-order valence-corrected chi connectivity index (χ0v) is 14.0. The van der Waals surface area contributed by atoms with Crippen LogP contribution in [-0.4, -0.2) is 34.3 Å². The molecule has 0 radical (unpaired) electrons. The van der Waals surface area contributed by atoms with Crippen molar-refractivity contribution in [3.63, 3.8) is 0 Å². The van der Waals surface area contributed by atoms with Gasteiger partial charge in [-0.2, -0.15) is 5.10 Å². The van der Waals surface area contributed by atoms with Crippen LogP contribution < -0.4 is 5.43 Å². The van der Waals surface area contributed by atoms with Gasteiger partial charge in [-0.1, -0.05) is 6.92 Å². The van der Waals surface area contributed by atoms with Gasteiger partial charge >= 0.3 is 0 Å². The summed E-state index contributed by atoms with van der Waals surface area (Å²) in [6, 6.07) is 0. The normalized spacial score (nSPS) is 31.6. The molecule has 1 N–H and O–H groups in total. The van der Waals surface area contributed by atoms with E-state index in [1.807, 2.05) is 0 Å². The van der Waals surface area contributed by atoms with Crippen molar-refractivity contribution in [2.24, 2.45) is 16.4 Å². The van der Waals surface area contributed by atoms with Crippen molar-refractivity contribution in [2.75, 3.05) is 6.54 Å². The Labute approximate surface area is 137 Å². The van der Waals surface area contributed by atoms with Gasteiger partial charge in [-0.25, -0.2) is 0 Å². The van der Waals surface area contributed by atoms with Crippen LogP contribution >= 0.6 is 0 Å². The highest BCUT2D eigenvalue weighted by molar-refractivity contribution is 6.00. The van der Waals surface area contributed by atoms with Crippen LogP contribution in [0, 0.1) is 11.3 Å². The van der Waals surface area contributed by atoms with E-state index in [0.29, 0.717) is 5.41 Å². The highest BCUT2D eigenvalue weighted by Gasteiger charge is 2.62. The molecule has 2 aliphatic heterocycles. The third-order valence-electron chi connectivity index (χ3n) is 6.35. The number of hydrazone groups is 1. The van der Waals surface area contributed by atoms with Gasteiger partial charge in [0.1, 0.15) is 5.84 Å². The van der Waals surface area contributed by atoms with Crippen molar-refractivity contribution in [2.45, 2.75) is 70.9 Å². The lowest BCUT2D eigenvalue weighted by Gasteiger charge is -2.44. The maximum absolute atomic E-state index is 13.0. The summed E-state index contributed by atoms with van der Waals surface area (Å²) in [5.41, 5.74) is 6.18. The van der Waals surface area contributed by atoms with Gasteiger partial charge in [0.2, 0.25) is 6.17 Å². The molecule has 2 heterocycles. The van der Waals surface area contributed by atoms with E-state index in [1.165, 1.54) is 55.8 Å². The molecule has 5 rings (SSSR count). The standard InChI is InChI=1S/C18H26N4O/c1-2-11-21-13-5-3-4-6-14(13)22-15(16(21)23)19-20-17(22)18(9-10-18)12-7-8-12/h12,15,19H,2-11H2,1H3. The molecule has 1 amide bonds. The summed E-state index contributed by atoms with van der Waals surface area (Å²) < 4.78 is 0. The summed E-state index contributed by atoms with van der Waals surface area (Å²) in [4.78, 5) is 17.4. The quantitative estimate of drug-likeness (QED) is 0.868. The minimum Gasteiger partial charge on any atom is -0.311 e. The lowest BCUT2D eigenvalue weighted by molar-refractivity contribution is -0.136. The first-order valence-electron chi connectivity index (χ1n) is 9.42. The number of fused-ring (bicyclic) bond motifs is 2. The molecular formula is C18H26N4O. The molecule has 3 aliphatic carbocycles. The molecule has 0 saturated heterocycles. The molecule has 5 aliphatic rings. The van der Waals surface area contributed by atoms with E-state index in [-0.39, 0.29) is 12.1 Å². The fourth-order valence-electron chi connectivity index (χ4n) is 4.91. The van der Waals surface area contributed by atoms with Crippen molar-refractivity contribution in [1.82, 2.24) is 15.2 Å². The Balaban J connectivity index is 1.56. The summed E-state index contributed by atoms with van der Waals surface area (Å²) in [7, 11) is 0. The third-order valence-corrected chi connectivity index (χ3v) is 6.35. The molecule has 0 aromatic heterocycles. The van der Waals surface area contributed by atoms with Crippen LogP contribution in [0.3, 0.4) is 0 Å². The number of hydrogen-bond acceptors (Lipinski definition) is 4. The lowest BCUT2D eigenvalue weighted by atomic mass is 9.92. The number of amides is 1. The maximum atomic E-state index is 13.0. The molecule has 1 unspecified atom stereocenters. The van der Waals surface area contributed by atoms with Crippen LogP contribution in [0.1, 0.15) is 64.7 Å². The van der Waals surface area contributed by atoms with E-state index in [9.17, 15) is 4.79 Å². The van der Waals surface area contributed by atoms with Gasteiger partial charge in [-0.05, 0) is 63.7 Å². The molecule has 0 aromatic carbocycles. The first-order chi connectivity index (χ1) is 11.3. The molecule has 0 bridgehead atoms. The second kappa shape index (κ2) is 4.74. The number of allylic oxidation sites excluding steroid dienone is 2. The summed E-state index contributed by atoms with van der Waals surface area (Å²) in [6.45, 7) is 2.99. The average molecular weight is 314 g/mol. The Kier molecular flexibility index (Phi) is 2.86. The molecule has 5 nitrogen and oxygen atoms in total. The Morgan fingerprint density at radius 1 is 1.22 bits per heavy atom. The number of amidine groups is 1. The fourth-order valence-corrected chi connectivity index (χ4v) is 4.91. The van der Waals surface area contributed by atoms with Crippen LogP contribution in [-0.2, 0) is 4.79 Å². The highest BCUT2D eigenvalue weighted by Crippen LogP contribution is 2.63. The zero-order valence-electron chi connectivity index (χ0n) is 14.0. The van der Waals surface area contributed by atoms with Crippen molar-refractivity contribution < 1.29 is 4.79 Å². The molecule has 0 aromatic rings. The molecule has 2 saturated carbocycles. The van der Waals surface area contributed by atoms with Crippen LogP contribution in [0.15, 0.2) is 16.5 Å². The summed E-state index contributed by atoms with van der Waals surface area (Å²) in [5.74, 6) is 2.22. The number of nitrogens with one attached hydrogen (secondary N) is 1. The third kappa shape index (κ3) is 1.85.